The summed E-state index contributed by atoms with van der Waals surface area (Å²) in [5, 5.41) is 6.28. The van der Waals surface area contributed by atoms with Crippen molar-refractivity contribution < 1.29 is 13.9 Å². The van der Waals surface area contributed by atoms with Crippen LogP contribution in [0.3, 0.4) is 0 Å². The lowest BCUT2D eigenvalue weighted by atomic mass is 10.2. The molecule has 0 amide bonds. The summed E-state index contributed by atoms with van der Waals surface area (Å²) < 4.78 is 24.9. The van der Waals surface area contributed by atoms with Crippen molar-refractivity contribution in [3.8, 4) is 11.6 Å². The van der Waals surface area contributed by atoms with Crippen molar-refractivity contribution in [2.45, 2.75) is 13.1 Å². The SMILES string of the molecule is CN=C(NCc1ccc(OCCOc2ccccc2)nc1)NCc1ccccc1F. The fourth-order valence-electron chi connectivity index (χ4n) is 2.65. The number of halogens is 1. The highest BCUT2D eigenvalue weighted by molar-refractivity contribution is 5.79. The molecular weight excluding hydrogens is 383 g/mol. The first-order valence-electron chi connectivity index (χ1n) is 9.68. The minimum Gasteiger partial charge on any atom is -0.490 e. The molecule has 0 aliphatic rings. The van der Waals surface area contributed by atoms with Crippen LogP contribution < -0.4 is 20.1 Å². The number of ether oxygens (including phenoxy) is 2. The van der Waals surface area contributed by atoms with Gasteiger partial charge >= 0.3 is 0 Å². The Labute approximate surface area is 175 Å². The number of aromatic nitrogens is 1. The van der Waals surface area contributed by atoms with Gasteiger partial charge in [0, 0.05) is 38.0 Å². The number of nitrogens with zero attached hydrogens (tertiary/aromatic N) is 2. The predicted molar refractivity (Wildman–Crippen MR) is 115 cm³/mol. The van der Waals surface area contributed by atoms with Gasteiger partial charge in [-0.15, -0.1) is 0 Å². The highest BCUT2D eigenvalue weighted by Gasteiger charge is 2.04. The third-order valence-corrected chi connectivity index (χ3v) is 4.23. The van der Waals surface area contributed by atoms with Gasteiger partial charge < -0.3 is 20.1 Å². The van der Waals surface area contributed by atoms with Gasteiger partial charge in [0.15, 0.2) is 5.96 Å². The normalized spacial score (nSPS) is 11.1. The van der Waals surface area contributed by atoms with Crippen LogP contribution in [0.2, 0.25) is 0 Å². The van der Waals surface area contributed by atoms with E-state index in [0.717, 1.165) is 11.3 Å². The average Bonchev–Trinajstić information content (AvgIpc) is 2.79. The zero-order chi connectivity index (χ0) is 21.0. The van der Waals surface area contributed by atoms with E-state index in [-0.39, 0.29) is 5.82 Å². The van der Waals surface area contributed by atoms with Crippen LogP contribution in [0.1, 0.15) is 11.1 Å². The first kappa shape index (κ1) is 21.1. The number of hydrogen-bond acceptors (Lipinski definition) is 4. The molecule has 0 saturated carbocycles. The number of rotatable bonds is 9. The molecular formula is C23H25FN4O2. The quantitative estimate of drug-likeness (QED) is 0.322. The van der Waals surface area contributed by atoms with Crippen molar-refractivity contribution in [1.82, 2.24) is 15.6 Å². The first-order chi connectivity index (χ1) is 14.7. The maximum absolute atomic E-state index is 13.7. The van der Waals surface area contributed by atoms with E-state index in [0.29, 0.717) is 43.7 Å². The summed E-state index contributed by atoms with van der Waals surface area (Å²) in [5.74, 6) is 1.69. The van der Waals surface area contributed by atoms with E-state index in [1.165, 1.54) is 6.07 Å². The second-order valence-corrected chi connectivity index (χ2v) is 6.39. The van der Waals surface area contributed by atoms with Gasteiger partial charge in [0.1, 0.15) is 24.8 Å². The van der Waals surface area contributed by atoms with Gasteiger partial charge in [-0.1, -0.05) is 42.5 Å². The summed E-state index contributed by atoms with van der Waals surface area (Å²) in [6.45, 7) is 1.73. The van der Waals surface area contributed by atoms with Gasteiger partial charge in [-0.2, -0.15) is 0 Å². The van der Waals surface area contributed by atoms with Crippen LogP contribution in [0.4, 0.5) is 4.39 Å². The fourth-order valence-corrected chi connectivity index (χ4v) is 2.65. The molecule has 1 aromatic heterocycles. The summed E-state index contributed by atoms with van der Waals surface area (Å²) in [4.78, 5) is 8.46. The van der Waals surface area contributed by atoms with Crippen molar-refractivity contribution in [3.63, 3.8) is 0 Å². The van der Waals surface area contributed by atoms with E-state index in [1.807, 2.05) is 42.5 Å². The van der Waals surface area contributed by atoms with Crippen LogP contribution in [-0.2, 0) is 13.1 Å². The lowest BCUT2D eigenvalue weighted by Gasteiger charge is -2.12. The van der Waals surface area contributed by atoms with E-state index < -0.39 is 0 Å². The molecule has 0 atom stereocenters. The van der Waals surface area contributed by atoms with Gasteiger partial charge in [-0.05, 0) is 23.8 Å². The van der Waals surface area contributed by atoms with Crippen LogP contribution in [0.25, 0.3) is 0 Å². The molecule has 0 fully saturated rings. The molecule has 3 aromatic rings. The molecule has 7 heteroatoms. The van der Waals surface area contributed by atoms with E-state index in [1.54, 1.807) is 31.4 Å². The molecule has 1 heterocycles. The fraction of sp³-hybridized carbons (Fsp3) is 0.217. The minimum absolute atomic E-state index is 0.241. The predicted octanol–water partition coefficient (Wildman–Crippen LogP) is 3.54. The molecule has 0 bridgehead atoms. The number of nitrogens with one attached hydrogen (secondary N) is 2. The summed E-state index contributed by atoms with van der Waals surface area (Å²) in [6.07, 6.45) is 1.74. The summed E-state index contributed by atoms with van der Waals surface area (Å²) in [5.41, 5.74) is 1.55. The highest BCUT2D eigenvalue weighted by Crippen LogP contribution is 2.10. The number of guanidine groups is 1. The van der Waals surface area contributed by atoms with E-state index in [2.05, 4.69) is 20.6 Å². The third kappa shape index (κ3) is 6.77. The summed E-state index contributed by atoms with van der Waals surface area (Å²) in [6, 6.07) is 20.0. The summed E-state index contributed by atoms with van der Waals surface area (Å²) >= 11 is 0. The van der Waals surface area contributed by atoms with Gasteiger partial charge in [0.25, 0.3) is 0 Å². The Kier molecular flexibility index (Phi) is 8.02. The molecule has 156 valence electrons. The molecule has 0 aliphatic heterocycles. The Bertz CT molecular complexity index is 933. The zero-order valence-electron chi connectivity index (χ0n) is 16.8. The number of benzene rings is 2. The van der Waals surface area contributed by atoms with Gasteiger partial charge in [-0.3, -0.25) is 4.99 Å². The maximum atomic E-state index is 13.7. The smallest absolute Gasteiger partial charge is 0.213 e. The van der Waals surface area contributed by atoms with E-state index in [4.69, 9.17) is 9.47 Å². The van der Waals surface area contributed by atoms with Crippen LogP contribution in [0.5, 0.6) is 11.6 Å². The Morgan fingerprint density at radius 1 is 0.900 bits per heavy atom. The molecule has 30 heavy (non-hydrogen) atoms. The van der Waals surface area contributed by atoms with Gasteiger partial charge in [0.2, 0.25) is 5.88 Å². The Morgan fingerprint density at radius 2 is 1.63 bits per heavy atom. The minimum atomic E-state index is -0.241. The van der Waals surface area contributed by atoms with Crippen LogP contribution >= 0.6 is 0 Å². The molecule has 0 aliphatic carbocycles. The Hall–Kier alpha value is -3.61. The van der Waals surface area contributed by atoms with Crippen LogP contribution in [-0.4, -0.2) is 31.2 Å². The number of para-hydroxylation sites is 1. The molecule has 0 unspecified atom stereocenters. The zero-order valence-corrected chi connectivity index (χ0v) is 16.8. The number of aliphatic imine (C=N–C) groups is 1. The van der Waals surface area contributed by atoms with Gasteiger partial charge in [0.05, 0.1) is 0 Å². The Morgan fingerprint density at radius 3 is 2.37 bits per heavy atom. The molecule has 6 nitrogen and oxygen atoms in total. The molecule has 0 saturated heterocycles. The monoisotopic (exact) mass is 408 g/mol. The number of pyridine rings is 1. The lowest BCUT2D eigenvalue weighted by Crippen LogP contribution is -2.36. The summed E-state index contributed by atoms with van der Waals surface area (Å²) in [7, 11) is 1.67. The van der Waals surface area contributed by atoms with Crippen LogP contribution in [0, 0.1) is 5.82 Å². The second-order valence-electron chi connectivity index (χ2n) is 6.39. The van der Waals surface area contributed by atoms with Crippen molar-refractivity contribution in [3.05, 3.63) is 89.9 Å². The standard InChI is InChI=1S/C23H25FN4O2/c1-25-23(28-17-19-7-5-6-10-21(19)24)27-16-18-11-12-22(26-15-18)30-14-13-29-20-8-3-2-4-9-20/h2-12,15H,13-14,16-17H2,1H3,(H2,25,27,28). The van der Waals surface area contributed by atoms with E-state index in [9.17, 15) is 4.39 Å². The Balaban J connectivity index is 1.38. The van der Waals surface area contributed by atoms with Crippen molar-refractivity contribution in [2.75, 3.05) is 20.3 Å². The highest BCUT2D eigenvalue weighted by atomic mass is 19.1. The number of hydrogen-bond donors (Lipinski definition) is 2. The first-order valence-corrected chi connectivity index (χ1v) is 9.68. The van der Waals surface area contributed by atoms with Crippen LogP contribution in [0.15, 0.2) is 77.9 Å². The molecule has 2 N–H and O–H groups in total. The third-order valence-electron chi connectivity index (χ3n) is 4.23. The second kappa shape index (κ2) is 11.4. The lowest BCUT2D eigenvalue weighted by molar-refractivity contribution is 0.212. The largest absolute Gasteiger partial charge is 0.490 e. The molecule has 3 rings (SSSR count). The van der Waals surface area contributed by atoms with Crippen molar-refractivity contribution in [2.24, 2.45) is 4.99 Å². The molecule has 0 spiro atoms. The molecule has 0 radical (unpaired) electrons. The van der Waals surface area contributed by atoms with Crippen molar-refractivity contribution in [1.29, 1.82) is 0 Å². The molecule has 2 aromatic carbocycles. The van der Waals surface area contributed by atoms with Gasteiger partial charge in [-0.25, -0.2) is 9.37 Å². The van der Waals surface area contributed by atoms with Crippen molar-refractivity contribution >= 4 is 5.96 Å². The topological polar surface area (TPSA) is 67.8 Å². The van der Waals surface area contributed by atoms with E-state index >= 15 is 0 Å². The maximum Gasteiger partial charge on any atom is 0.213 e. The average molecular weight is 408 g/mol.